The molecule has 2 heteroatoms. The molecule has 0 saturated heterocycles. The first kappa shape index (κ1) is 13.5. The van der Waals surface area contributed by atoms with E-state index in [1.54, 1.807) is 0 Å². The molecule has 2 nitrogen and oxygen atoms in total. The Kier molecular flexibility index (Phi) is 6.61. The minimum atomic E-state index is 0.333. The lowest BCUT2D eigenvalue weighted by Gasteiger charge is -2.28. The Bertz CT molecular complexity index is 177. The molecular weight excluding hydrogens is 172 g/mol. The van der Waals surface area contributed by atoms with Crippen molar-refractivity contribution < 1.29 is 0 Å². The molecule has 0 fully saturated rings. The van der Waals surface area contributed by atoms with Crippen LogP contribution < -0.4 is 5.32 Å². The smallest absolute Gasteiger partial charge is 0.00981 e. The van der Waals surface area contributed by atoms with E-state index in [2.05, 4.69) is 44.1 Å². The van der Waals surface area contributed by atoms with Crippen LogP contribution in [-0.2, 0) is 0 Å². The lowest BCUT2D eigenvalue weighted by molar-refractivity contribution is 0.233. The fraction of sp³-hybridized carbons (Fsp3) is 0.833. The molecule has 0 saturated carbocycles. The third kappa shape index (κ3) is 8.10. The molecule has 0 aromatic carbocycles. The molecule has 0 aliphatic rings. The Labute approximate surface area is 89.1 Å². The molecule has 0 aliphatic carbocycles. The molecule has 0 aliphatic heterocycles. The standard InChI is InChI=1S/C12H24N2/c1-6-7-8-9-13-10-12(2,3)11-14(4)5/h1,13H,7-11H2,2-5H3. The molecule has 0 rings (SSSR count). The van der Waals surface area contributed by atoms with Gasteiger partial charge in [-0.25, -0.2) is 0 Å². The molecule has 0 bridgehead atoms. The van der Waals surface area contributed by atoms with Crippen molar-refractivity contribution in [3.8, 4) is 12.3 Å². The van der Waals surface area contributed by atoms with Crippen molar-refractivity contribution in [1.29, 1.82) is 0 Å². The van der Waals surface area contributed by atoms with Crippen molar-refractivity contribution in [3.63, 3.8) is 0 Å². The lowest BCUT2D eigenvalue weighted by Crippen LogP contribution is -2.37. The maximum Gasteiger partial charge on any atom is 0.00981 e. The SMILES string of the molecule is C#CCCCNCC(C)(C)CN(C)C. The zero-order valence-electron chi connectivity index (χ0n) is 10.1. The predicted molar refractivity (Wildman–Crippen MR) is 63.3 cm³/mol. The van der Waals surface area contributed by atoms with Crippen LogP contribution in [-0.4, -0.2) is 38.6 Å². The van der Waals surface area contributed by atoms with Gasteiger partial charge in [0, 0.05) is 19.5 Å². The fourth-order valence-corrected chi connectivity index (χ4v) is 1.65. The second-order valence-corrected chi connectivity index (χ2v) is 4.89. The van der Waals surface area contributed by atoms with Crippen molar-refractivity contribution in [3.05, 3.63) is 0 Å². The molecule has 82 valence electrons. The van der Waals surface area contributed by atoms with Gasteiger partial charge in [-0.3, -0.25) is 0 Å². The zero-order valence-corrected chi connectivity index (χ0v) is 10.1. The summed E-state index contributed by atoms with van der Waals surface area (Å²) in [6.45, 7) is 7.74. The highest BCUT2D eigenvalue weighted by atomic mass is 15.1. The molecule has 0 atom stereocenters. The van der Waals surface area contributed by atoms with Gasteiger partial charge in [0.2, 0.25) is 0 Å². The number of hydrogen-bond acceptors (Lipinski definition) is 2. The highest BCUT2D eigenvalue weighted by molar-refractivity contribution is 4.83. The second kappa shape index (κ2) is 6.86. The minimum Gasteiger partial charge on any atom is -0.316 e. The van der Waals surface area contributed by atoms with E-state index in [0.717, 1.165) is 32.5 Å². The van der Waals surface area contributed by atoms with E-state index in [-0.39, 0.29) is 0 Å². The summed E-state index contributed by atoms with van der Waals surface area (Å²) >= 11 is 0. The molecule has 0 amide bonds. The minimum absolute atomic E-state index is 0.333. The molecule has 14 heavy (non-hydrogen) atoms. The summed E-state index contributed by atoms with van der Waals surface area (Å²) < 4.78 is 0. The average Bonchev–Trinajstić information content (AvgIpc) is 2.01. The Morgan fingerprint density at radius 1 is 1.36 bits per heavy atom. The Morgan fingerprint density at radius 2 is 2.00 bits per heavy atom. The number of rotatable bonds is 7. The second-order valence-electron chi connectivity index (χ2n) is 4.89. The number of nitrogens with one attached hydrogen (secondary N) is 1. The summed E-state index contributed by atoms with van der Waals surface area (Å²) in [6, 6.07) is 0. The van der Waals surface area contributed by atoms with Gasteiger partial charge in [-0.1, -0.05) is 13.8 Å². The van der Waals surface area contributed by atoms with Crippen LogP contribution in [0.4, 0.5) is 0 Å². The largest absolute Gasteiger partial charge is 0.316 e. The van der Waals surface area contributed by atoms with Gasteiger partial charge in [-0.05, 0) is 32.5 Å². The molecule has 0 aromatic rings. The van der Waals surface area contributed by atoms with Gasteiger partial charge in [0.1, 0.15) is 0 Å². The first-order valence-corrected chi connectivity index (χ1v) is 5.27. The van der Waals surface area contributed by atoms with Gasteiger partial charge in [0.25, 0.3) is 0 Å². The van der Waals surface area contributed by atoms with Crippen LogP contribution in [0.2, 0.25) is 0 Å². The summed E-state index contributed by atoms with van der Waals surface area (Å²) in [5.41, 5.74) is 0.333. The quantitative estimate of drug-likeness (QED) is 0.491. The number of unbranched alkanes of at least 4 members (excludes halogenated alkanes) is 1. The van der Waals surface area contributed by atoms with Crippen molar-refractivity contribution in [2.24, 2.45) is 5.41 Å². The maximum atomic E-state index is 5.18. The van der Waals surface area contributed by atoms with Gasteiger partial charge in [0.05, 0.1) is 0 Å². The third-order valence-electron chi connectivity index (χ3n) is 2.02. The van der Waals surface area contributed by atoms with Crippen molar-refractivity contribution in [1.82, 2.24) is 10.2 Å². The van der Waals surface area contributed by atoms with E-state index in [4.69, 9.17) is 6.42 Å². The fourth-order valence-electron chi connectivity index (χ4n) is 1.65. The van der Waals surface area contributed by atoms with Gasteiger partial charge < -0.3 is 10.2 Å². The van der Waals surface area contributed by atoms with Crippen LogP contribution >= 0.6 is 0 Å². The van der Waals surface area contributed by atoms with E-state index in [0.29, 0.717) is 5.41 Å². The van der Waals surface area contributed by atoms with Crippen LogP contribution in [0.1, 0.15) is 26.7 Å². The summed E-state index contributed by atoms with van der Waals surface area (Å²) in [5, 5.41) is 3.44. The molecule has 0 unspecified atom stereocenters. The van der Waals surface area contributed by atoms with E-state index in [9.17, 15) is 0 Å². The number of nitrogens with zero attached hydrogens (tertiary/aromatic N) is 1. The lowest BCUT2D eigenvalue weighted by atomic mass is 9.93. The van der Waals surface area contributed by atoms with Crippen molar-refractivity contribution in [2.45, 2.75) is 26.7 Å². The Morgan fingerprint density at radius 3 is 2.50 bits per heavy atom. The topological polar surface area (TPSA) is 15.3 Å². The van der Waals surface area contributed by atoms with Crippen LogP contribution in [0.5, 0.6) is 0 Å². The molecule has 0 radical (unpaired) electrons. The monoisotopic (exact) mass is 196 g/mol. The summed E-state index contributed by atoms with van der Waals surface area (Å²) in [5.74, 6) is 2.65. The van der Waals surface area contributed by atoms with Gasteiger partial charge in [-0.15, -0.1) is 12.3 Å². The molecule has 0 aromatic heterocycles. The van der Waals surface area contributed by atoms with Crippen molar-refractivity contribution in [2.75, 3.05) is 33.7 Å². The molecular formula is C12H24N2. The van der Waals surface area contributed by atoms with Crippen molar-refractivity contribution >= 4 is 0 Å². The number of terminal acetylenes is 1. The van der Waals surface area contributed by atoms with Crippen LogP contribution in [0.15, 0.2) is 0 Å². The normalized spacial score (nSPS) is 11.7. The van der Waals surface area contributed by atoms with E-state index >= 15 is 0 Å². The molecule has 1 N–H and O–H groups in total. The van der Waals surface area contributed by atoms with Gasteiger partial charge in [-0.2, -0.15) is 0 Å². The third-order valence-corrected chi connectivity index (χ3v) is 2.02. The van der Waals surface area contributed by atoms with Crippen LogP contribution in [0.25, 0.3) is 0 Å². The Hall–Kier alpha value is -0.520. The van der Waals surface area contributed by atoms with E-state index in [1.807, 2.05) is 0 Å². The first-order chi connectivity index (χ1) is 6.48. The maximum absolute atomic E-state index is 5.18. The molecule has 0 heterocycles. The Balaban J connectivity index is 3.51. The molecule has 0 spiro atoms. The van der Waals surface area contributed by atoms with E-state index in [1.165, 1.54) is 0 Å². The van der Waals surface area contributed by atoms with Gasteiger partial charge >= 0.3 is 0 Å². The highest BCUT2D eigenvalue weighted by Gasteiger charge is 2.17. The van der Waals surface area contributed by atoms with Crippen LogP contribution in [0, 0.1) is 17.8 Å². The summed E-state index contributed by atoms with van der Waals surface area (Å²) in [4.78, 5) is 2.23. The van der Waals surface area contributed by atoms with Gasteiger partial charge in [0.15, 0.2) is 0 Å². The number of hydrogen-bond donors (Lipinski definition) is 1. The first-order valence-electron chi connectivity index (χ1n) is 5.27. The average molecular weight is 196 g/mol. The van der Waals surface area contributed by atoms with Crippen LogP contribution in [0.3, 0.4) is 0 Å². The summed E-state index contributed by atoms with van der Waals surface area (Å²) in [7, 11) is 4.22. The zero-order chi connectivity index (χ0) is 11.0. The van der Waals surface area contributed by atoms with E-state index < -0.39 is 0 Å². The highest BCUT2D eigenvalue weighted by Crippen LogP contribution is 2.13. The summed E-state index contributed by atoms with van der Waals surface area (Å²) in [6.07, 6.45) is 7.13. The predicted octanol–water partition coefficient (Wildman–Crippen LogP) is 1.58.